The molecule has 0 radical (unpaired) electrons. The summed E-state index contributed by atoms with van der Waals surface area (Å²) in [6.45, 7) is 1.76. The van der Waals surface area contributed by atoms with Crippen LogP contribution in [-0.2, 0) is 20.0 Å². The zero-order valence-electron chi connectivity index (χ0n) is 28.0. The van der Waals surface area contributed by atoms with E-state index in [1.54, 1.807) is 0 Å². The van der Waals surface area contributed by atoms with Gasteiger partial charge in [-0.15, -0.1) is 0 Å². The van der Waals surface area contributed by atoms with Crippen LogP contribution in [0.4, 0.5) is 0 Å². The zero-order chi connectivity index (χ0) is 33.9. The lowest BCUT2D eigenvalue weighted by Gasteiger charge is -2.23. The Balaban J connectivity index is 1.11. The predicted octanol–water partition coefficient (Wildman–Crippen LogP) is 7.95. The fourth-order valence-corrected chi connectivity index (χ4v) is 8.49. The van der Waals surface area contributed by atoms with E-state index in [0.29, 0.717) is 20.0 Å². The molecule has 0 saturated carbocycles. The Bertz CT molecular complexity index is 3010. The van der Waals surface area contributed by atoms with E-state index >= 15 is 0 Å². The van der Waals surface area contributed by atoms with Gasteiger partial charge in [0, 0.05) is 0 Å². The highest BCUT2D eigenvalue weighted by atomic mass is 15.4. The summed E-state index contributed by atoms with van der Waals surface area (Å²) in [5, 5.41) is 0. The molecule has 0 spiro atoms. The minimum Gasteiger partial charge on any atom is -0.296 e. The average molecular weight is 676 g/mol. The molecule has 0 unspecified atom stereocenters. The first-order valence-electron chi connectivity index (χ1n) is 17.6. The molecule has 0 saturated heterocycles. The van der Waals surface area contributed by atoms with Gasteiger partial charge in [-0.3, -0.25) is 17.9 Å². The normalized spacial score (nSPS) is 12.6. The van der Waals surface area contributed by atoms with Crippen LogP contribution in [0.1, 0.15) is 0 Å². The molecule has 0 fully saturated rings. The van der Waals surface area contributed by atoms with Crippen LogP contribution in [0.15, 0.2) is 146 Å². The van der Waals surface area contributed by atoms with Crippen molar-refractivity contribution in [3.8, 4) is 0 Å². The third-order valence-corrected chi connectivity index (χ3v) is 10.7. The first-order chi connectivity index (χ1) is 25.8. The monoisotopic (exact) mass is 675 g/mol. The molecule has 0 atom stereocenters. The lowest BCUT2D eigenvalue weighted by Crippen LogP contribution is -2.45. The number of para-hydroxylation sites is 12. The first-order valence-corrected chi connectivity index (χ1v) is 17.6. The molecule has 248 valence electrons. The molecule has 6 heterocycles. The van der Waals surface area contributed by atoms with E-state index in [1.165, 1.54) is 0 Å². The van der Waals surface area contributed by atoms with Crippen molar-refractivity contribution < 1.29 is 4.57 Å². The van der Waals surface area contributed by atoms with Crippen molar-refractivity contribution in [1.29, 1.82) is 0 Å². The van der Waals surface area contributed by atoms with Gasteiger partial charge in [0.2, 0.25) is 11.6 Å². The maximum atomic E-state index is 5.22. The van der Waals surface area contributed by atoms with E-state index in [1.807, 2.05) is 0 Å². The van der Waals surface area contributed by atoms with Gasteiger partial charge in [0.15, 0.2) is 0 Å². The number of aromatic amines is 1. The van der Waals surface area contributed by atoms with Crippen LogP contribution in [0.25, 0.3) is 83.5 Å². The Morgan fingerprint density at radius 2 is 0.923 bits per heavy atom. The van der Waals surface area contributed by atoms with Crippen LogP contribution in [0.2, 0.25) is 0 Å². The summed E-state index contributed by atoms with van der Waals surface area (Å²) >= 11 is 0. The third-order valence-electron chi connectivity index (χ3n) is 10.7. The highest BCUT2D eigenvalue weighted by Gasteiger charge is 2.27. The number of rotatable bonds is 6. The molecule has 0 aliphatic carbocycles. The summed E-state index contributed by atoms with van der Waals surface area (Å²) < 4.78 is 14.1. The lowest BCUT2D eigenvalue weighted by atomic mass is 10.3. The predicted molar refractivity (Wildman–Crippen MR) is 205 cm³/mol. The van der Waals surface area contributed by atoms with E-state index in [2.05, 4.69) is 182 Å². The van der Waals surface area contributed by atoms with E-state index in [4.69, 9.17) is 9.97 Å². The second-order valence-corrected chi connectivity index (χ2v) is 13.6. The molecular weight excluding hydrogens is 645 g/mol. The van der Waals surface area contributed by atoms with Crippen molar-refractivity contribution in [2.45, 2.75) is 20.0 Å². The molecule has 12 aromatic rings. The van der Waals surface area contributed by atoms with Crippen LogP contribution < -0.4 is 4.57 Å². The Morgan fingerprint density at radius 3 is 1.52 bits per heavy atom. The number of nitrogens with one attached hydrogen (secondary N) is 1. The van der Waals surface area contributed by atoms with Gasteiger partial charge in [-0.05, 0) is 72.8 Å². The number of H-pyrrole nitrogens is 1. The highest BCUT2D eigenvalue weighted by molar-refractivity contribution is 5.92. The van der Waals surface area contributed by atoms with Gasteiger partial charge < -0.3 is 0 Å². The maximum absolute atomic E-state index is 5.22. The van der Waals surface area contributed by atoms with Gasteiger partial charge in [0.05, 0.1) is 57.5 Å². The summed E-state index contributed by atoms with van der Waals surface area (Å²) in [4.78, 5) is 16.7. The van der Waals surface area contributed by atoms with Gasteiger partial charge >= 0.3 is 5.78 Å². The van der Waals surface area contributed by atoms with Gasteiger partial charge in [-0.2, -0.15) is 4.40 Å². The number of fused-ring (bicyclic) bond motifs is 15. The smallest absolute Gasteiger partial charge is 0.296 e. The van der Waals surface area contributed by atoms with Crippen LogP contribution in [0.3, 0.4) is 0 Å². The van der Waals surface area contributed by atoms with Crippen LogP contribution >= 0.6 is 0 Å². The maximum Gasteiger partial charge on any atom is 0.369 e. The lowest BCUT2D eigenvalue weighted by molar-refractivity contribution is -0.671. The summed E-state index contributed by atoms with van der Waals surface area (Å²) in [5.41, 5.74) is 13.3. The molecule has 6 aromatic heterocycles. The van der Waals surface area contributed by atoms with E-state index in [9.17, 15) is 0 Å². The molecule has 12 rings (SSSR count). The summed E-state index contributed by atoms with van der Waals surface area (Å²) in [7, 11) is 0. The minimum atomic E-state index is 0.581. The summed E-state index contributed by atoms with van der Waals surface area (Å²) in [6.07, 6.45) is 0. The number of hydrogen-bond acceptors (Lipinski definition) is 3. The molecule has 1 N–H and O–H groups in total. The summed E-state index contributed by atoms with van der Waals surface area (Å²) in [6, 6.07) is 51.3. The number of imidazole rings is 6. The Morgan fingerprint density at radius 1 is 0.462 bits per heavy atom. The highest BCUT2D eigenvalue weighted by Crippen LogP contribution is 2.30. The summed E-state index contributed by atoms with van der Waals surface area (Å²) in [5.74, 6) is 2.88. The van der Waals surface area contributed by atoms with E-state index in [0.717, 1.165) is 83.5 Å². The number of benzene rings is 6. The van der Waals surface area contributed by atoms with Gasteiger partial charge in [0.25, 0.3) is 0 Å². The Labute approximate surface area is 295 Å². The minimum absolute atomic E-state index is 0.581. The molecule has 0 aliphatic rings. The number of nitrogens with zero attached hydrogens (tertiary/aromatic N) is 9. The van der Waals surface area contributed by atoms with Crippen LogP contribution in [-0.4, -0.2) is 42.2 Å². The fourth-order valence-electron chi connectivity index (χ4n) is 8.49. The Kier molecular flexibility index (Phi) is 5.53. The molecule has 0 aliphatic heterocycles. The van der Waals surface area contributed by atoms with Crippen molar-refractivity contribution in [2.75, 3.05) is 0 Å². The van der Waals surface area contributed by atoms with Crippen molar-refractivity contribution in [2.24, 2.45) is 0 Å². The molecular formula is C42H31N10+. The molecule has 10 nitrogen and oxygen atoms in total. The Hall–Kier alpha value is -6.91. The van der Waals surface area contributed by atoms with Crippen molar-refractivity contribution >= 4 is 83.5 Å². The second-order valence-electron chi connectivity index (χ2n) is 13.6. The second kappa shape index (κ2) is 10.3. The number of aromatic nitrogens is 9. The first kappa shape index (κ1) is 27.9. The number of hydrogen-bond donors (Lipinski definition) is 1. The fraction of sp³-hybridized carbons (Fsp3) is 0.0714. The topological polar surface area (TPSA) is 71.8 Å². The third kappa shape index (κ3) is 3.73. The standard InChI is InChI=1S/C42H30N10/c1-4-16-31-28(13-1)43-40-47(34-19-7-10-22-37(34)50(31)40)25-46(26-48-35-20-8-11-23-38(35)51-32-17-5-2-14-29(32)44-41(48)51)27-49-36-21-9-12-24-39(36)52-33-18-6-3-15-30(33)45-42(49)52/h1-24H,25-27H2/p+1. The van der Waals surface area contributed by atoms with E-state index in [-0.39, 0.29) is 0 Å². The molecule has 0 amide bonds. The van der Waals surface area contributed by atoms with Crippen LogP contribution in [0.5, 0.6) is 0 Å². The van der Waals surface area contributed by atoms with Gasteiger partial charge in [-0.1, -0.05) is 72.8 Å². The van der Waals surface area contributed by atoms with E-state index < -0.39 is 0 Å². The molecule has 52 heavy (non-hydrogen) atoms. The van der Waals surface area contributed by atoms with Crippen molar-refractivity contribution in [3.63, 3.8) is 0 Å². The molecule has 6 aromatic carbocycles. The SMILES string of the molecule is c1ccc2c(c1)nc1n(CN(Cn3c4ccccc4n4c5ccccc5nc34)C[n+]3c4ccccc4n4c5ccccc5[nH]c43)c3ccccc3n21. The van der Waals surface area contributed by atoms with Gasteiger partial charge in [-0.25, -0.2) is 24.4 Å². The van der Waals surface area contributed by atoms with Crippen LogP contribution in [0, 0.1) is 0 Å². The quantitative estimate of drug-likeness (QED) is 0.182. The molecule has 0 bridgehead atoms. The zero-order valence-corrected chi connectivity index (χ0v) is 28.0. The largest absolute Gasteiger partial charge is 0.369 e. The van der Waals surface area contributed by atoms with Gasteiger partial charge in [0.1, 0.15) is 28.7 Å². The van der Waals surface area contributed by atoms with Crippen molar-refractivity contribution in [1.82, 2.24) is 42.2 Å². The average Bonchev–Trinajstić information content (AvgIpc) is 4.02. The van der Waals surface area contributed by atoms with Crippen molar-refractivity contribution in [3.05, 3.63) is 146 Å². The molecule has 10 heteroatoms.